The number of anilines is 1. The zero-order valence-electron chi connectivity index (χ0n) is 14.5. The van der Waals surface area contributed by atoms with Gasteiger partial charge in [0.25, 0.3) is 0 Å². The lowest BCUT2D eigenvalue weighted by Crippen LogP contribution is -2.08. The number of aromatic amines is 1. The standard InChI is InChI=1S/C19H21N3O2.ClH/c1-22(2)16-7-4-13(5-8-16)10-15-12-20-19(21-15)14-6-9-17(23)18(11-14)24-3;/h4-9,11-12,23H,10H2,1-3H3,(H,20,21);1H. The molecule has 132 valence electrons. The van der Waals surface area contributed by atoms with Crippen molar-refractivity contribution in [1.82, 2.24) is 9.97 Å². The molecule has 0 aliphatic carbocycles. The van der Waals surface area contributed by atoms with Crippen molar-refractivity contribution >= 4 is 18.1 Å². The molecule has 3 rings (SSSR count). The van der Waals surface area contributed by atoms with E-state index in [0.29, 0.717) is 5.75 Å². The fourth-order valence-corrected chi connectivity index (χ4v) is 2.55. The van der Waals surface area contributed by atoms with E-state index in [-0.39, 0.29) is 18.2 Å². The van der Waals surface area contributed by atoms with Crippen molar-refractivity contribution < 1.29 is 9.84 Å². The van der Waals surface area contributed by atoms with Crippen molar-refractivity contribution in [2.24, 2.45) is 0 Å². The van der Waals surface area contributed by atoms with E-state index < -0.39 is 0 Å². The highest BCUT2D eigenvalue weighted by Gasteiger charge is 2.08. The van der Waals surface area contributed by atoms with Crippen molar-refractivity contribution in [1.29, 1.82) is 0 Å². The third-order valence-corrected chi connectivity index (χ3v) is 3.93. The molecule has 0 amide bonds. The minimum absolute atomic E-state index is 0. The minimum atomic E-state index is 0. The lowest BCUT2D eigenvalue weighted by molar-refractivity contribution is 0.373. The van der Waals surface area contributed by atoms with E-state index in [9.17, 15) is 5.11 Å². The first-order valence-electron chi connectivity index (χ1n) is 7.74. The Morgan fingerprint density at radius 1 is 1.12 bits per heavy atom. The fraction of sp³-hybridized carbons (Fsp3) is 0.211. The summed E-state index contributed by atoms with van der Waals surface area (Å²) in [6, 6.07) is 13.7. The fourth-order valence-electron chi connectivity index (χ4n) is 2.55. The number of imidazole rings is 1. The number of H-pyrrole nitrogens is 1. The predicted octanol–water partition coefficient (Wildman–Crippen LogP) is 3.87. The second-order valence-electron chi connectivity index (χ2n) is 5.88. The van der Waals surface area contributed by atoms with Crippen LogP contribution in [0, 0.1) is 0 Å². The minimum Gasteiger partial charge on any atom is -0.504 e. The molecule has 0 radical (unpaired) electrons. The summed E-state index contributed by atoms with van der Waals surface area (Å²) in [5, 5.41) is 9.68. The van der Waals surface area contributed by atoms with Gasteiger partial charge in [-0.15, -0.1) is 12.4 Å². The van der Waals surface area contributed by atoms with Gasteiger partial charge in [-0.1, -0.05) is 12.1 Å². The molecule has 0 fully saturated rings. The monoisotopic (exact) mass is 359 g/mol. The van der Waals surface area contributed by atoms with Crippen LogP contribution in [0.15, 0.2) is 48.7 Å². The van der Waals surface area contributed by atoms with E-state index >= 15 is 0 Å². The third kappa shape index (κ3) is 4.25. The Morgan fingerprint density at radius 2 is 1.84 bits per heavy atom. The zero-order chi connectivity index (χ0) is 17.1. The molecular formula is C19H22ClN3O2. The van der Waals surface area contributed by atoms with E-state index in [1.807, 2.05) is 26.4 Å². The number of benzene rings is 2. The SMILES string of the molecule is COc1cc(-c2ncc(Cc3ccc(N(C)C)cc3)[nH]2)ccc1O.Cl. The van der Waals surface area contributed by atoms with Crippen LogP contribution in [0.25, 0.3) is 11.4 Å². The second kappa shape index (κ2) is 7.94. The number of hydrogen-bond acceptors (Lipinski definition) is 4. The third-order valence-electron chi connectivity index (χ3n) is 3.93. The van der Waals surface area contributed by atoms with Gasteiger partial charge in [-0.25, -0.2) is 4.98 Å². The number of aromatic nitrogens is 2. The first kappa shape index (κ1) is 18.7. The Labute approximate surface area is 153 Å². The first-order chi connectivity index (χ1) is 11.6. The van der Waals surface area contributed by atoms with Crippen molar-refractivity contribution in [2.45, 2.75) is 6.42 Å². The van der Waals surface area contributed by atoms with Gasteiger partial charge in [0.15, 0.2) is 11.5 Å². The van der Waals surface area contributed by atoms with Crippen LogP contribution in [0.3, 0.4) is 0 Å². The Bertz CT molecular complexity index is 829. The van der Waals surface area contributed by atoms with Crippen LogP contribution in [-0.2, 0) is 6.42 Å². The van der Waals surface area contributed by atoms with Gasteiger partial charge in [0, 0.05) is 43.7 Å². The van der Waals surface area contributed by atoms with Gasteiger partial charge < -0.3 is 19.7 Å². The van der Waals surface area contributed by atoms with E-state index in [1.165, 1.54) is 18.4 Å². The van der Waals surface area contributed by atoms with Crippen LogP contribution in [0.5, 0.6) is 11.5 Å². The van der Waals surface area contributed by atoms with Gasteiger partial charge in [0.1, 0.15) is 5.82 Å². The number of methoxy groups -OCH3 is 1. The molecule has 0 saturated heterocycles. The maximum Gasteiger partial charge on any atom is 0.161 e. The Morgan fingerprint density at radius 3 is 2.48 bits per heavy atom. The summed E-state index contributed by atoms with van der Waals surface area (Å²) in [5.74, 6) is 1.31. The molecule has 3 aromatic rings. The van der Waals surface area contributed by atoms with E-state index in [1.54, 1.807) is 12.1 Å². The van der Waals surface area contributed by atoms with Gasteiger partial charge in [-0.3, -0.25) is 0 Å². The van der Waals surface area contributed by atoms with Crippen LogP contribution >= 0.6 is 12.4 Å². The van der Waals surface area contributed by atoms with Gasteiger partial charge in [-0.05, 0) is 35.9 Å². The van der Waals surface area contributed by atoms with E-state index in [2.05, 4.69) is 39.1 Å². The van der Waals surface area contributed by atoms with E-state index in [4.69, 9.17) is 4.74 Å². The van der Waals surface area contributed by atoms with Crippen LogP contribution < -0.4 is 9.64 Å². The number of hydrogen-bond donors (Lipinski definition) is 2. The maximum absolute atomic E-state index is 9.68. The van der Waals surface area contributed by atoms with Crippen LogP contribution in [0.1, 0.15) is 11.3 Å². The number of nitrogens with one attached hydrogen (secondary N) is 1. The smallest absolute Gasteiger partial charge is 0.161 e. The number of phenols is 1. The highest BCUT2D eigenvalue weighted by atomic mass is 35.5. The van der Waals surface area contributed by atoms with Crippen LogP contribution in [0.2, 0.25) is 0 Å². The summed E-state index contributed by atoms with van der Waals surface area (Å²) in [6.45, 7) is 0. The highest BCUT2D eigenvalue weighted by molar-refractivity contribution is 5.85. The Balaban J connectivity index is 0.00000225. The second-order valence-corrected chi connectivity index (χ2v) is 5.88. The molecule has 0 bridgehead atoms. The number of ether oxygens (including phenoxy) is 1. The quantitative estimate of drug-likeness (QED) is 0.726. The summed E-state index contributed by atoms with van der Waals surface area (Å²) in [6.07, 6.45) is 2.63. The molecule has 0 atom stereocenters. The lowest BCUT2D eigenvalue weighted by atomic mass is 10.1. The number of halogens is 1. The number of phenolic OH excluding ortho intramolecular Hbond substituents is 1. The van der Waals surface area contributed by atoms with Crippen molar-refractivity contribution in [3.63, 3.8) is 0 Å². The largest absolute Gasteiger partial charge is 0.504 e. The Hall–Kier alpha value is -2.66. The molecular weight excluding hydrogens is 338 g/mol. The zero-order valence-corrected chi connectivity index (χ0v) is 15.3. The average Bonchev–Trinajstić information content (AvgIpc) is 3.04. The first-order valence-corrected chi connectivity index (χ1v) is 7.74. The van der Waals surface area contributed by atoms with E-state index in [0.717, 1.165) is 23.5 Å². The average molecular weight is 360 g/mol. The molecule has 25 heavy (non-hydrogen) atoms. The van der Waals surface area contributed by atoms with Gasteiger partial charge >= 0.3 is 0 Å². The molecule has 1 aromatic heterocycles. The molecule has 6 heteroatoms. The van der Waals surface area contributed by atoms with Crippen molar-refractivity contribution in [2.75, 3.05) is 26.1 Å². The number of rotatable bonds is 5. The summed E-state index contributed by atoms with van der Waals surface area (Å²) in [7, 11) is 5.59. The molecule has 0 aliphatic heterocycles. The summed E-state index contributed by atoms with van der Waals surface area (Å²) in [5.41, 5.74) is 4.31. The lowest BCUT2D eigenvalue weighted by Gasteiger charge is -2.12. The number of nitrogens with zero attached hydrogens (tertiary/aromatic N) is 2. The van der Waals surface area contributed by atoms with Gasteiger partial charge in [0.05, 0.1) is 7.11 Å². The van der Waals surface area contributed by atoms with Crippen molar-refractivity contribution in [3.05, 3.63) is 59.9 Å². The Kier molecular flexibility index (Phi) is 5.93. The van der Waals surface area contributed by atoms with Gasteiger partial charge in [0.2, 0.25) is 0 Å². The molecule has 2 N–H and O–H groups in total. The molecule has 0 unspecified atom stereocenters. The van der Waals surface area contributed by atoms with Gasteiger partial charge in [-0.2, -0.15) is 0 Å². The van der Waals surface area contributed by atoms with Crippen molar-refractivity contribution in [3.8, 4) is 22.9 Å². The molecule has 5 nitrogen and oxygen atoms in total. The summed E-state index contributed by atoms with van der Waals surface area (Å²) >= 11 is 0. The molecule has 2 aromatic carbocycles. The van der Waals surface area contributed by atoms with Crippen LogP contribution in [-0.4, -0.2) is 36.3 Å². The molecule has 0 saturated carbocycles. The molecule has 0 spiro atoms. The normalized spacial score (nSPS) is 10.2. The number of aromatic hydroxyl groups is 1. The maximum atomic E-state index is 9.68. The summed E-state index contributed by atoms with van der Waals surface area (Å²) < 4.78 is 5.14. The predicted molar refractivity (Wildman–Crippen MR) is 103 cm³/mol. The highest BCUT2D eigenvalue weighted by Crippen LogP contribution is 2.30. The molecule has 0 aliphatic rings. The molecule has 1 heterocycles. The van der Waals surface area contributed by atoms with Crippen LogP contribution in [0.4, 0.5) is 5.69 Å². The topological polar surface area (TPSA) is 61.4 Å². The summed E-state index contributed by atoms with van der Waals surface area (Å²) in [4.78, 5) is 9.84.